The number of rotatable bonds is 3. The lowest BCUT2D eigenvalue weighted by molar-refractivity contribution is -0.157. The van der Waals surface area contributed by atoms with Crippen molar-refractivity contribution in [3.63, 3.8) is 0 Å². The summed E-state index contributed by atoms with van der Waals surface area (Å²) in [4.78, 5) is 24.9. The predicted octanol–water partition coefficient (Wildman–Crippen LogP) is 3.35. The lowest BCUT2D eigenvalue weighted by atomic mass is 9.63. The van der Waals surface area contributed by atoms with E-state index < -0.39 is 16.9 Å². The summed E-state index contributed by atoms with van der Waals surface area (Å²) < 4.78 is 0. The summed E-state index contributed by atoms with van der Waals surface area (Å²) in [6, 6.07) is 9.87. The summed E-state index contributed by atoms with van der Waals surface area (Å²) >= 11 is 1.27. The van der Waals surface area contributed by atoms with Crippen molar-refractivity contribution in [2.45, 2.75) is 50.4 Å². The normalized spacial score (nSPS) is 34.5. The number of thioether (sulfide) groups is 1. The average molecular weight is 318 g/mol. The van der Waals surface area contributed by atoms with Crippen LogP contribution in [0.2, 0.25) is 0 Å². The SMILES string of the molecule is C[C@@]12CC[C@@H](C(=O)SCc3ccccc3)[C@]1(O)CCCC2=O. The molecule has 0 aromatic heterocycles. The van der Waals surface area contributed by atoms with E-state index in [0.29, 0.717) is 37.9 Å². The second-order valence-corrected chi connectivity index (χ2v) is 7.70. The molecule has 0 bridgehead atoms. The minimum atomic E-state index is -1.14. The van der Waals surface area contributed by atoms with Gasteiger partial charge in [0.25, 0.3) is 0 Å². The highest BCUT2D eigenvalue weighted by atomic mass is 32.2. The van der Waals surface area contributed by atoms with E-state index in [9.17, 15) is 14.7 Å². The molecule has 2 fully saturated rings. The van der Waals surface area contributed by atoms with E-state index in [1.807, 2.05) is 37.3 Å². The summed E-state index contributed by atoms with van der Waals surface area (Å²) in [5, 5.41) is 11.1. The first kappa shape index (κ1) is 15.8. The molecule has 0 amide bonds. The second-order valence-electron chi connectivity index (χ2n) is 6.72. The average Bonchev–Trinajstić information content (AvgIpc) is 2.80. The van der Waals surface area contributed by atoms with Crippen LogP contribution in [0.1, 0.15) is 44.6 Å². The van der Waals surface area contributed by atoms with Gasteiger partial charge >= 0.3 is 0 Å². The van der Waals surface area contributed by atoms with Crippen molar-refractivity contribution in [3.05, 3.63) is 35.9 Å². The Hall–Kier alpha value is -1.13. The number of Topliss-reactive ketones (excluding diaryl/α,β-unsaturated/α-hetero) is 1. The van der Waals surface area contributed by atoms with Crippen molar-refractivity contribution in [2.75, 3.05) is 0 Å². The molecule has 0 heterocycles. The summed E-state index contributed by atoms with van der Waals surface area (Å²) in [5.74, 6) is 0.344. The Balaban J connectivity index is 1.72. The summed E-state index contributed by atoms with van der Waals surface area (Å²) in [6.07, 6.45) is 3.05. The maximum absolute atomic E-state index is 12.6. The minimum Gasteiger partial charge on any atom is -0.388 e. The number of carbonyl (C=O) groups excluding carboxylic acids is 2. The zero-order valence-electron chi connectivity index (χ0n) is 12.9. The Bertz CT molecular complexity index is 585. The molecule has 0 aliphatic heterocycles. The lowest BCUT2D eigenvalue weighted by Crippen LogP contribution is -2.54. The largest absolute Gasteiger partial charge is 0.388 e. The Morgan fingerprint density at radius 3 is 2.77 bits per heavy atom. The van der Waals surface area contributed by atoms with E-state index in [-0.39, 0.29) is 10.9 Å². The Kier molecular flexibility index (Phi) is 4.17. The molecule has 0 saturated heterocycles. The fraction of sp³-hybridized carbons (Fsp3) is 0.556. The molecule has 2 aliphatic carbocycles. The lowest BCUT2D eigenvalue weighted by Gasteiger charge is -2.44. The van der Waals surface area contributed by atoms with Gasteiger partial charge in [-0.2, -0.15) is 0 Å². The molecular formula is C18H22O3S. The highest BCUT2D eigenvalue weighted by Gasteiger charge is 2.63. The number of ketones is 1. The van der Waals surface area contributed by atoms with Gasteiger partial charge in [0.15, 0.2) is 5.12 Å². The fourth-order valence-corrected chi connectivity index (χ4v) is 5.06. The van der Waals surface area contributed by atoms with E-state index in [0.717, 1.165) is 5.56 Å². The van der Waals surface area contributed by atoms with E-state index in [4.69, 9.17) is 0 Å². The van der Waals surface area contributed by atoms with E-state index in [2.05, 4.69) is 0 Å². The molecule has 2 aliphatic rings. The van der Waals surface area contributed by atoms with Gasteiger partial charge in [0.2, 0.25) is 0 Å². The van der Waals surface area contributed by atoms with Gasteiger partial charge < -0.3 is 5.11 Å². The van der Waals surface area contributed by atoms with Crippen LogP contribution < -0.4 is 0 Å². The van der Waals surface area contributed by atoms with Crippen molar-refractivity contribution in [3.8, 4) is 0 Å². The van der Waals surface area contributed by atoms with Crippen molar-refractivity contribution in [2.24, 2.45) is 11.3 Å². The van der Waals surface area contributed by atoms with Crippen LogP contribution in [0.4, 0.5) is 0 Å². The fourth-order valence-electron chi connectivity index (χ4n) is 4.04. The molecule has 3 rings (SSSR count). The van der Waals surface area contributed by atoms with Crippen LogP contribution in [0, 0.1) is 11.3 Å². The molecule has 1 aromatic carbocycles. The van der Waals surface area contributed by atoms with Gasteiger partial charge in [-0.15, -0.1) is 0 Å². The maximum Gasteiger partial charge on any atom is 0.195 e. The third-order valence-corrected chi connectivity index (χ3v) is 6.60. The van der Waals surface area contributed by atoms with Gasteiger partial charge in [-0.3, -0.25) is 9.59 Å². The predicted molar refractivity (Wildman–Crippen MR) is 87.4 cm³/mol. The van der Waals surface area contributed by atoms with Crippen molar-refractivity contribution >= 4 is 22.7 Å². The smallest absolute Gasteiger partial charge is 0.195 e. The van der Waals surface area contributed by atoms with Crippen LogP contribution in [-0.2, 0) is 15.3 Å². The van der Waals surface area contributed by atoms with Crippen molar-refractivity contribution in [1.29, 1.82) is 0 Å². The number of hydrogen-bond acceptors (Lipinski definition) is 4. The van der Waals surface area contributed by atoms with Crippen molar-refractivity contribution in [1.82, 2.24) is 0 Å². The third-order valence-electron chi connectivity index (χ3n) is 5.55. The van der Waals surface area contributed by atoms with Crippen LogP contribution in [-0.4, -0.2) is 21.6 Å². The molecule has 3 atom stereocenters. The highest BCUT2D eigenvalue weighted by Crippen LogP contribution is 2.57. The second kappa shape index (κ2) is 5.82. The summed E-state index contributed by atoms with van der Waals surface area (Å²) in [6.45, 7) is 1.85. The number of benzene rings is 1. The monoisotopic (exact) mass is 318 g/mol. The van der Waals surface area contributed by atoms with E-state index in [1.165, 1.54) is 11.8 Å². The number of fused-ring (bicyclic) bond motifs is 1. The Morgan fingerprint density at radius 2 is 2.05 bits per heavy atom. The summed E-state index contributed by atoms with van der Waals surface area (Å²) in [7, 11) is 0. The summed E-state index contributed by atoms with van der Waals surface area (Å²) in [5.41, 5.74) is -0.754. The molecule has 2 saturated carbocycles. The quantitative estimate of drug-likeness (QED) is 0.928. The zero-order chi connectivity index (χ0) is 15.8. The number of carbonyl (C=O) groups is 2. The van der Waals surface area contributed by atoms with Gasteiger partial charge in [0.05, 0.1) is 16.9 Å². The standard InChI is InChI=1S/C18H22O3S/c1-17-11-9-14(18(17,21)10-5-8-15(17)19)16(20)22-12-13-6-3-2-4-7-13/h2-4,6-7,14,21H,5,8-12H2,1H3/t14-,17-,18+/m0/s1. The molecule has 1 aromatic rings. The maximum atomic E-state index is 12.6. The molecule has 118 valence electrons. The first-order chi connectivity index (χ1) is 10.5. The van der Waals surface area contributed by atoms with Crippen LogP contribution in [0.3, 0.4) is 0 Å². The van der Waals surface area contributed by atoms with Crippen LogP contribution in [0.15, 0.2) is 30.3 Å². The number of hydrogen-bond donors (Lipinski definition) is 1. The minimum absolute atomic E-state index is 0.0322. The molecular weight excluding hydrogens is 296 g/mol. The van der Waals surface area contributed by atoms with Crippen LogP contribution in [0.25, 0.3) is 0 Å². The zero-order valence-corrected chi connectivity index (χ0v) is 13.7. The molecule has 0 spiro atoms. The Morgan fingerprint density at radius 1 is 1.32 bits per heavy atom. The topological polar surface area (TPSA) is 54.4 Å². The van der Waals surface area contributed by atoms with Gasteiger partial charge in [-0.1, -0.05) is 42.1 Å². The number of aliphatic hydroxyl groups is 1. The van der Waals surface area contributed by atoms with Gasteiger partial charge in [-0.25, -0.2) is 0 Å². The van der Waals surface area contributed by atoms with E-state index >= 15 is 0 Å². The first-order valence-corrected chi connectivity index (χ1v) is 8.92. The molecule has 3 nitrogen and oxygen atoms in total. The molecule has 22 heavy (non-hydrogen) atoms. The van der Waals surface area contributed by atoms with Gasteiger partial charge in [0.1, 0.15) is 5.78 Å². The Labute approximate surface area is 135 Å². The molecule has 4 heteroatoms. The van der Waals surface area contributed by atoms with Gasteiger partial charge in [0, 0.05) is 12.2 Å². The van der Waals surface area contributed by atoms with Crippen molar-refractivity contribution < 1.29 is 14.7 Å². The highest BCUT2D eigenvalue weighted by molar-refractivity contribution is 8.13. The van der Waals surface area contributed by atoms with Crippen LogP contribution >= 0.6 is 11.8 Å². The van der Waals surface area contributed by atoms with Gasteiger partial charge in [-0.05, 0) is 38.2 Å². The van der Waals surface area contributed by atoms with Crippen LogP contribution in [0.5, 0.6) is 0 Å². The van der Waals surface area contributed by atoms with E-state index in [1.54, 1.807) is 0 Å². The first-order valence-electron chi connectivity index (χ1n) is 7.94. The molecule has 0 unspecified atom stereocenters. The molecule has 0 radical (unpaired) electrons. The molecule has 1 N–H and O–H groups in total. The third kappa shape index (κ3) is 2.42.